The molecule has 96 valence electrons. The van der Waals surface area contributed by atoms with Crippen LogP contribution in [0.15, 0.2) is 18.2 Å². The molecular formula is C16H22N2. The standard InChI is InChI=1S/C16H22N2/c1-11(2)18-15-7-6-13(10-17)8-14(15)12(3)9-16(18,4)5/h6-8,11-12H,9H2,1-5H3/t12-/m0/s1. The molecule has 0 saturated heterocycles. The van der Waals surface area contributed by atoms with Gasteiger partial charge in [0.25, 0.3) is 0 Å². The number of anilines is 1. The molecule has 1 aromatic rings. The van der Waals surface area contributed by atoms with Crippen LogP contribution in [0, 0.1) is 11.3 Å². The number of fused-ring (bicyclic) bond motifs is 1. The SMILES string of the molecule is CC(C)N1c2ccc(C#N)cc2[C@@H](C)CC1(C)C. The molecule has 0 amide bonds. The fourth-order valence-electron chi connectivity index (χ4n) is 3.50. The van der Waals surface area contributed by atoms with E-state index in [1.54, 1.807) is 0 Å². The number of nitrogens with zero attached hydrogens (tertiary/aromatic N) is 2. The quantitative estimate of drug-likeness (QED) is 0.742. The van der Waals surface area contributed by atoms with E-state index in [0.29, 0.717) is 12.0 Å². The molecule has 1 atom stereocenters. The fourth-order valence-corrected chi connectivity index (χ4v) is 3.50. The molecule has 1 heterocycles. The number of rotatable bonds is 1. The molecule has 2 heteroatoms. The van der Waals surface area contributed by atoms with Crippen LogP contribution in [-0.4, -0.2) is 11.6 Å². The summed E-state index contributed by atoms with van der Waals surface area (Å²) in [5.41, 5.74) is 3.56. The number of nitriles is 1. The summed E-state index contributed by atoms with van der Waals surface area (Å²) in [7, 11) is 0. The lowest BCUT2D eigenvalue weighted by molar-refractivity contribution is 0.356. The van der Waals surface area contributed by atoms with Crippen LogP contribution < -0.4 is 4.90 Å². The number of hydrogen-bond acceptors (Lipinski definition) is 2. The van der Waals surface area contributed by atoms with Gasteiger partial charge in [-0.25, -0.2) is 0 Å². The van der Waals surface area contributed by atoms with E-state index in [0.717, 1.165) is 12.0 Å². The highest BCUT2D eigenvalue weighted by molar-refractivity contribution is 5.62. The van der Waals surface area contributed by atoms with E-state index in [2.05, 4.69) is 57.7 Å². The van der Waals surface area contributed by atoms with Crippen molar-refractivity contribution in [3.8, 4) is 6.07 Å². The Hall–Kier alpha value is -1.49. The molecule has 0 aliphatic carbocycles. The average Bonchev–Trinajstić information content (AvgIpc) is 2.26. The zero-order chi connectivity index (χ0) is 13.5. The fraction of sp³-hybridized carbons (Fsp3) is 0.562. The lowest BCUT2D eigenvalue weighted by atomic mass is 9.79. The second-order valence-corrected chi connectivity index (χ2v) is 6.27. The summed E-state index contributed by atoms with van der Waals surface area (Å²) in [5, 5.41) is 9.04. The summed E-state index contributed by atoms with van der Waals surface area (Å²) < 4.78 is 0. The highest BCUT2D eigenvalue weighted by Gasteiger charge is 2.37. The van der Waals surface area contributed by atoms with Crippen molar-refractivity contribution >= 4 is 5.69 Å². The third-order valence-corrected chi connectivity index (χ3v) is 3.92. The van der Waals surface area contributed by atoms with Crippen molar-refractivity contribution in [2.24, 2.45) is 0 Å². The van der Waals surface area contributed by atoms with Crippen LogP contribution in [-0.2, 0) is 0 Å². The van der Waals surface area contributed by atoms with E-state index in [4.69, 9.17) is 5.26 Å². The Morgan fingerprint density at radius 3 is 2.61 bits per heavy atom. The molecule has 1 aromatic carbocycles. The van der Waals surface area contributed by atoms with Gasteiger partial charge in [0, 0.05) is 17.3 Å². The van der Waals surface area contributed by atoms with E-state index in [1.807, 2.05) is 6.07 Å². The Balaban J connectivity index is 2.59. The minimum Gasteiger partial charge on any atom is -0.364 e. The summed E-state index contributed by atoms with van der Waals surface area (Å²) in [6, 6.07) is 8.82. The van der Waals surface area contributed by atoms with Gasteiger partial charge in [-0.2, -0.15) is 5.26 Å². The maximum Gasteiger partial charge on any atom is 0.0991 e. The Morgan fingerprint density at radius 2 is 2.06 bits per heavy atom. The van der Waals surface area contributed by atoms with E-state index < -0.39 is 0 Å². The average molecular weight is 242 g/mol. The summed E-state index contributed by atoms with van der Waals surface area (Å²) >= 11 is 0. The van der Waals surface area contributed by atoms with Crippen molar-refractivity contribution in [2.45, 2.75) is 58.5 Å². The maximum atomic E-state index is 9.04. The third-order valence-electron chi connectivity index (χ3n) is 3.92. The number of hydrogen-bond donors (Lipinski definition) is 0. The Labute approximate surface area is 110 Å². The normalized spacial score (nSPS) is 21.6. The molecule has 0 radical (unpaired) electrons. The van der Waals surface area contributed by atoms with Crippen LogP contribution in [0.4, 0.5) is 5.69 Å². The van der Waals surface area contributed by atoms with Gasteiger partial charge < -0.3 is 4.90 Å². The maximum absolute atomic E-state index is 9.04. The predicted molar refractivity (Wildman–Crippen MR) is 75.9 cm³/mol. The van der Waals surface area contributed by atoms with Crippen LogP contribution in [0.5, 0.6) is 0 Å². The summed E-state index contributed by atoms with van der Waals surface area (Å²) in [5.74, 6) is 0.512. The van der Waals surface area contributed by atoms with Gasteiger partial charge in [-0.15, -0.1) is 0 Å². The highest BCUT2D eigenvalue weighted by atomic mass is 15.2. The van der Waals surface area contributed by atoms with Gasteiger partial charge in [-0.05, 0) is 63.8 Å². The lowest BCUT2D eigenvalue weighted by Gasteiger charge is -2.50. The first-order valence-electron chi connectivity index (χ1n) is 6.70. The van der Waals surface area contributed by atoms with E-state index in [1.165, 1.54) is 11.3 Å². The van der Waals surface area contributed by atoms with Gasteiger partial charge >= 0.3 is 0 Å². The molecule has 0 N–H and O–H groups in total. The van der Waals surface area contributed by atoms with Crippen molar-refractivity contribution in [1.82, 2.24) is 0 Å². The Bertz CT molecular complexity index is 494. The lowest BCUT2D eigenvalue weighted by Crippen LogP contribution is -2.51. The van der Waals surface area contributed by atoms with Crippen molar-refractivity contribution in [2.75, 3.05) is 4.90 Å². The van der Waals surface area contributed by atoms with Gasteiger partial charge in [0.05, 0.1) is 11.6 Å². The molecule has 1 aliphatic heterocycles. The molecule has 0 fully saturated rings. The summed E-state index contributed by atoms with van der Waals surface area (Å²) in [6.07, 6.45) is 1.13. The molecule has 0 bridgehead atoms. The van der Waals surface area contributed by atoms with Crippen LogP contribution >= 0.6 is 0 Å². The minimum atomic E-state index is 0.175. The van der Waals surface area contributed by atoms with Crippen LogP contribution in [0.3, 0.4) is 0 Å². The molecule has 18 heavy (non-hydrogen) atoms. The third kappa shape index (κ3) is 1.99. The van der Waals surface area contributed by atoms with Gasteiger partial charge in [0.15, 0.2) is 0 Å². The van der Waals surface area contributed by atoms with Gasteiger partial charge in [0.2, 0.25) is 0 Å². The first-order valence-corrected chi connectivity index (χ1v) is 6.70. The zero-order valence-electron chi connectivity index (χ0n) is 12.0. The molecule has 2 nitrogen and oxygen atoms in total. The predicted octanol–water partition coefficient (Wildman–Crippen LogP) is 4.06. The van der Waals surface area contributed by atoms with Gasteiger partial charge in [0.1, 0.15) is 0 Å². The smallest absolute Gasteiger partial charge is 0.0991 e. The van der Waals surface area contributed by atoms with Gasteiger partial charge in [-0.1, -0.05) is 6.92 Å². The van der Waals surface area contributed by atoms with Crippen molar-refractivity contribution in [3.05, 3.63) is 29.3 Å². The molecule has 0 unspecified atom stereocenters. The largest absolute Gasteiger partial charge is 0.364 e. The summed E-state index contributed by atoms with van der Waals surface area (Å²) in [6.45, 7) is 11.4. The second kappa shape index (κ2) is 4.31. The van der Waals surface area contributed by atoms with Crippen LogP contribution in [0.25, 0.3) is 0 Å². The molecule has 2 rings (SSSR count). The Kier molecular flexibility index (Phi) is 3.11. The van der Waals surface area contributed by atoms with E-state index >= 15 is 0 Å². The first-order chi connectivity index (χ1) is 8.36. The molecule has 0 spiro atoms. The van der Waals surface area contributed by atoms with Crippen LogP contribution in [0.1, 0.15) is 58.1 Å². The second-order valence-electron chi connectivity index (χ2n) is 6.27. The molecular weight excluding hydrogens is 220 g/mol. The molecule has 0 saturated carbocycles. The summed E-state index contributed by atoms with van der Waals surface area (Å²) in [4.78, 5) is 2.49. The highest BCUT2D eigenvalue weighted by Crippen LogP contribution is 2.44. The van der Waals surface area contributed by atoms with Crippen LogP contribution in [0.2, 0.25) is 0 Å². The van der Waals surface area contributed by atoms with Crippen molar-refractivity contribution < 1.29 is 0 Å². The molecule has 1 aliphatic rings. The Morgan fingerprint density at radius 1 is 1.39 bits per heavy atom. The number of benzene rings is 1. The van der Waals surface area contributed by atoms with E-state index in [9.17, 15) is 0 Å². The monoisotopic (exact) mass is 242 g/mol. The molecule has 0 aromatic heterocycles. The van der Waals surface area contributed by atoms with Crippen molar-refractivity contribution in [3.63, 3.8) is 0 Å². The first kappa shape index (κ1) is 13.0. The van der Waals surface area contributed by atoms with Gasteiger partial charge in [-0.3, -0.25) is 0 Å². The minimum absolute atomic E-state index is 0.175. The van der Waals surface area contributed by atoms with Crippen molar-refractivity contribution in [1.29, 1.82) is 5.26 Å². The van der Waals surface area contributed by atoms with E-state index in [-0.39, 0.29) is 5.54 Å². The topological polar surface area (TPSA) is 27.0 Å². The zero-order valence-corrected chi connectivity index (χ0v) is 12.0.